The van der Waals surface area contributed by atoms with Crippen molar-refractivity contribution in [2.45, 2.75) is 32.8 Å². The van der Waals surface area contributed by atoms with Gasteiger partial charge in [0.25, 0.3) is 0 Å². The van der Waals surface area contributed by atoms with Gasteiger partial charge in [0.1, 0.15) is 5.60 Å². The molecule has 2 atom stereocenters. The minimum absolute atomic E-state index is 0.295. The van der Waals surface area contributed by atoms with Crippen LogP contribution >= 0.6 is 0 Å². The average molecular weight is 212 g/mol. The highest BCUT2D eigenvalue weighted by Crippen LogP contribution is 2.31. The van der Waals surface area contributed by atoms with Gasteiger partial charge in [-0.3, -0.25) is 4.79 Å². The third kappa shape index (κ3) is 2.37. The smallest absolute Gasteiger partial charge is 0.333 e. The molecule has 0 aromatic carbocycles. The lowest BCUT2D eigenvalue weighted by atomic mass is 9.86. The van der Waals surface area contributed by atoms with Gasteiger partial charge in [-0.25, -0.2) is 4.79 Å². The van der Waals surface area contributed by atoms with Crippen LogP contribution in [0.15, 0.2) is 12.2 Å². The standard InChI is InChI=1S/C11H16O4/c1-7(2)9(12)15-11(4)5-6-14-10(13)8(11)3/h8H,1,5-6H2,2-4H3/t8-,11+/m0/s1. The van der Waals surface area contributed by atoms with Crippen molar-refractivity contribution in [1.82, 2.24) is 0 Å². The minimum atomic E-state index is -0.772. The zero-order valence-corrected chi connectivity index (χ0v) is 9.33. The molecule has 4 heteroatoms. The Morgan fingerprint density at radius 3 is 2.80 bits per heavy atom. The summed E-state index contributed by atoms with van der Waals surface area (Å²) in [7, 11) is 0. The highest BCUT2D eigenvalue weighted by atomic mass is 16.6. The van der Waals surface area contributed by atoms with E-state index in [1.165, 1.54) is 0 Å². The van der Waals surface area contributed by atoms with Crippen LogP contribution in [-0.2, 0) is 19.1 Å². The molecular weight excluding hydrogens is 196 g/mol. The average Bonchev–Trinajstić information content (AvgIpc) is 2.14. The molecule has 15 heavy (non-hydrogen) atoms. The van der Waals surface area contributed by atoms with E-state index in [0.29, 0.717) is 18.6 Å². The number of ether oxygens (including phenoxy) is 2. The lowest BCUT2D eigenvalue weighted by Crippen LogP contribution is -2.47. The predicted octanol–water partition coefficient (Wildman–Crippen LogP) is 1.45. The summed E-state index contributed by atoms with van der Waals surface area (Å²) in [6.45, 7) is 8.83. The molecule has 0 unspecified atom stereocenters. The third-order valence-corrected chi connectivity index (χ3v) is 2.79. The van der Waals surface area contributed by atoms with Crippen LogP contribution in [0.5, 0.6) is 0 Å². The first-order valence-electron chi connectivity index (χ1n) is 4.92. The molecule has 0 amide bonds. The Kier molecular flexibility index (Phi) is 3.17. The summed E-state index contributed by atoms with van der Waals surface area (Å²) in [5.41, 5.74) is -0.437. The molecule has 1 aliphatic heterocycles. The van der Waals surface area contributed by atoms with Gasteiger partial charge in [-0.1, -0.05) is 6.58 Å². The maximum Gasteiger partial charge on any atom is 0.333 e. The first-order chi connectivity index (χ1) is 6.87. The molecule has 0 aliphatic carbocycles. The zero-order valence-electron chi connectivity index (χ0n) is 9.33. The number of carbonyl (C=O) groups excluding carboxylic acids is 2. The van der Waals surface area contributed by atoms with Crippen LogP contribution in [0.3, 0.4) is 0 Å². The number of cyclic esters (lactones) is 1. The normalized spacial score (nSPS) is 30.6. The molecule has 0 radical (unpaired) electrons. The molecule has 1 aliphatic rings. The van der Waals surface area contributed by atoms with Crippen molar-refractivity contribution >= 4 is 11.9 Å². The second kappa shape index (κ2) is 4.04. The largest absolute Gasteiger partial charge is 0.465 e. The van der Waals surface area contributed by atoms with E-state index >= 15 is 0 Å². The molecule has 0 bridgehead atoms. The van der Waals surface area contributed by atoms with E-state index in [9.17, 15) is 9.59 Å². The zero-order chi connectivity index (χ0) is 11.6. The van der Waals surface area contributed by atoms with Crippen LogP contribution in [0.4, 0.5) is 0 Å². The number of rotatable bonds is 2. The van der Waals surface area contributed by atoms with E-state index in [4.69, 9.17) is 9.47 Å². The Morgan fingerprint density at radius 2 is 2.27 bits per heavy atom. The van der Waals surface area contributed by atoms with Crippen molar-refractivity contribution < 1.29 is 19.1 Å². The molecule has 0 aromatic heterocycles. The van der Waals surface area contributed by atoms with Gasteiger partial charge < -0.3 is 9.47 Å². The Bertz CT molecular complexity index is 308. The maximum atomic E-state index is 11.4. The monoisotopic (exact) mass is 212 g/mol. The summed E-state index contributed by atoms with van der Waals surface area (Å²) in [5.74, 6) is -1.22. The molecule has 1 fully saturated rings. The Labute approximate surface area is 89.2 Å². The number of esters is 2. The van der Waals surface area contributed by atoms with Crippen LogP contribution in [0.1, 0.15) is 27.2 Å². The summed E-state index contributed by atoms with van der Waals surface area (Å²) in [6, 6.07) is 0. The SMILES string of the molecule is C=C(C)C(=O)O[C@]1(C)CCOC(=O)[C@@H]1C. The van der Waals surface area contributed by atoms with Crippen LogP contribution in [0.25, 0.3) is 0 Å². The minimum Gasteiger partial charge on any atom is -0.465 e. The van der Waals surface area contributed by atoms with Crippen molar-refractivity contribution in [2.75, 3.05) is 6.61 Å². The van der Waals surface area contributed by atoms with E-state index in [0.717, 1.165) is 0 Å². The molecule has 0 N–H and O–H groups in total. The fourth-order valence-electron chi connectivity index (χ4n) is 1.38. The molecule has 0 spiro atoms. The van der Waals surface area contributed by atoms with E-state index in [1.807, 2.05) is 0 Å². The fraction of sp³-hybridized carbons (Fsp3) is 0.636. The Balaban J connectivity index is 2.76. The van der Waals surface area contributed by atoms with Gasteiger partial charge in [0.15, 0.2) is 0 Å². The molecule has 0 saturated carbocycles. The molecule has 1 saturated heterocycles. The van der Waals surface area contributed by atoms with Crippen LogP contribution in [0, 0.1) is 5.92 Å². The van der Waals surface area contributed by atoms with Crippen molar-refractivity contribution in [3.8, 4) is 0 Å². The van der Waals surface area contributed by atoms with E-state index in [2.05, 4.69) is 6.58 Å². The van der Waals surface area contributed by atoms with Crippen molar-refractivity contribution in [1.29, 1.82) is 0 Å². The van der Waals surface area contributed by atoms with Gasteiger partial charge in [-0.05, 0) is 20.8 Å². The summed E-state index contributed by atoms with van der Waals surface area (Å²) >= 11 is 0. The van der Waals surface area contributed by atoms with Gasteiger partial charge in [0, 0.05) is 12.0 Å². The van der Waals surface area contributed by atoms with Crippen molar-refractivity contribution in [2.24, 2.45) is 5.92 Å². The third-order valence-electron chi connectivity index (χ3n) is 2.79. The summed E-state index contributed by atoms with van der Waals surface area (Å²) in [5, 5.41) is 0. The molecule has 84 valence electrons. The molecule has 1 rings (SSSR count). The summed E-state index contributed by atoms with van der Waals surface area (Å²) in [6.07, 6.45) is 0.527. The van der Waals surface area contributed by atoms with E-state index < -0.39 is 17.5 Å². The second-order valence-corrected chi connectivity index (χ2v) is 4.12. The summed E-state index contributed by atoms with van der Waals surface area (Å²) in [4.78, 5) is 22.7. The predicted molar refractivity (Wildman–Crippen MR) is 54.1 cm³/mol. The Morgan fingerprint density at radius 1 is 1.67 bits per heavy atom. The fourth-order valence-corrected chi connectivity index (χ4v) is 1.38. The molecule has 1 heterocycles. The van der Waals surface area contributed by atoms with Gasteiger partial charge in [-0.2, -0.15) is 0 Å². The van der Waals surface area contributed by atoms with Crippen molar-refractivity contribution in [3.05, 3.63) is 12.2 Å². The number of hydrogen-bond acceptors (Lipinski definition) is 4. The van der Waals surface area contributed by atoms with Crippen molar-refractivity contribution in [3.63, 3.8) is 0 Å². The van der Waals surface area contributed by atoms with E-state index in [-0.39, 0.29) is 5.97 Å². The van der Waals surface area contributed by atoms with E-state index in [1.54, 1.807) is 20.8 Å². The second-order valence-electron chi connectivity index (χ2n) is 4.12. The van der Waals surface area contributed by atoms with Crippen LogP contribution in [-0.4, -0.2) is 24.1 Å². The van der Waals surface area contributed by atoms with Crippen LogP contribution < -0.4 is 0 Å². The summed E-state index contributed by atoms with van der Waals surface area (Å²) < 4.78 is 10.2. The van der Waals surface area contributed by atoms with Gasteiger partial charge >= 0.3 is 11.9 Å². The molecule has 0 aromatic rings. The lowest BCUT2D eigenvalue weighted by molar-refractivity contribution is -0.183. The lowest BCUT2D eigenvalue weighted by Gasteiger charge is -2.37. The van der Waals surface area contributed by atoms with Crippen LogP contribution in [0.2, 0.25) is 0 Å². The maximum absolute atomic E-state index is 11.4. The molecule has 4 nitrogen and oxygen atoms in total. The quantitative estimate of drug-likeness (QED) is 0.513. The highest BCUT2D eigenvalue weighted by molar-refractivity contribution is 5.87. The van der Waals surface area contributed by atoms with Gasteiger partial charge in [-0.15, -0.1) is 0 Å². The first kappa shape index (κ1) is 11.8. The topological polar surface area (TPSA) is 52.6 Å². The highest BCUT2D eigenvalue weighted by Gasteiger charge is 2.43. The number of hydrogen-bond donors (Lipinski definition) is 0. The number of carbonyl (C=O) groups is 2. The Hall–Kier alpha value is -1.32. The van der Waals surface area contributed by atoms with Gasteiger partial charge in [0.2, 0.25) is 0 Å². The van der Waals surface area contributed by atoms with Gasteiger partial charge in [0.05, 0.1) is 12.5 Å². The molecular formula is C11H16O4. The first-order valence-corrected chi connectivity index (χ1v) is 4.92.